The lowest BCUT2D eigenvalue weighted by molar-refractivity contribution is 0.654. The van der Waals surface area contributed by atoms with Crippen LogP contribution in [0.15, 0.2) is 53.2 Å². The molecule has 0 amide bonds. The maximum absolute atomic E-state index is 5.82. The minimum atomic E-state index is 0.682. The van der Waals surface area contributed by atoms with Crippen molar-refractivity contribution < 1.29 is 4.42 Å². The molecule has 0 aliphatic carbocycles. The van der Waals surface area contributed by atoms with Gasteiger partial charge >= 0.3 is 0 Å². The fraction of sp³-hybridized carbons (Fsp3) is 0.111. The predicted octanol–water partition coefficient (Wildman–Crippen LogP) is 4.66. The van der Waals surface area contributed by atoms with Gasteiger partial charge < -0.3 is 4.42 Å². The number of hydrogen-bond donors (Lipinski definition) is 0. The molecular weight excluding hydrogens is 260 g/mol. The van der Waals surface area contributed by atoms with Gasteiger partial charge in [0.05, 0.1) is 5.69 Å². The third-order valence-electron chi connectivity index (χ3n) is 3.79. The quantitative estimate of drug-likeness (QED) is 0.506. The third kappa shape index (κ3) is 1.89. The Morgan fingerprint density at radius 2 is 1.81 bits per heavy atom. The van der Waals surface area contributed by atoms with Gasteiger partial charge in [-0.3, -0.25) is 4.98 Å². The molecule has 0 saturated heterocycles. The topological polar surface area (TPSA) is 38.9 Å². The van der Waals surface area contributed by atoms with Crippen molar-refractivity contribution in [2.45, 2.75) is 13.8 Å². The van der Waals surface area contributed by atoms with E-state index in [1.165, 1.54) is 5.56 Å². The SMILES string of the molecule is Cc1ccnc(-c2cc3c(cc2C)oc2ncccc23)c1. The lowest BCUT2D eigenvalue weighted by Gasteiger charge is -2.06. The summed E-state index contributed by atoms with van der Waals surface area (Å²) in [6, 6.07) is 12.3. The molecule has 0 spiro atoms. The van der Waals surface area contributed by atoms with Gasteiger partial charge in [0.25, 0.3) is 0 Å². The second-order valence-corrected chi connectivity index (χ2v) is 5.34. The van der Waals surface area contributed by atoms with Crippen molar-refractivity contribution in [3.05, 3.63) is 59.9 Å². The van der Waals surface area contributed by atoms with Crippen LogP contribution in [0.1, 0.15) is 11.1 Å². The highest BCUT2D eigenvalue weighted by Gasteiger charge is 2.12. The van der Waals surface area contributed by atoms with Crippen LogP contribution in [0.3, 0.4) is 0 Å². The largest absolute Gasteiger partial charge is 0.438 e. The van der Waals surface area contributed by atoms with Gasteiger partial charge in [0.15, 0.2) is 0 Å². The van der Waals surface area contributed by atoms with E-state index in [1.54, 1.807) is 6.20 Å². The van der Waals surface area contributed by atoms with E-state index in [0.29, 0.717) is 5.71 Å². The Kier molecular flexibility index (Phi) is 2.54. The van der Waals surface area contributed by atoms with Gasteiger partial charge in [0.1, 0.15) is 5.58 Å². The van der Waals surface area contributed by atoms with E-state index in [9.17, 15) is 0 Å². The third-order valence-corrected chi connectivity index (χ3v) is 3.79. The Labute approximate surface area is 122 Å². The molecule has 4 aromatic rings. The number of hydrogen-bond acceptors (Lipinski definition) is 3. The van der Waals surface area contributed by atoms with E-state index in [0.717, 1.165) is 33.2 Å². The van der Waals surface area contributed by atoms with E-state index < -0.39 is 0 Å². The molecule has 0 aliphatic rings. The number of aromatic nitrogens is 2. The van der Waals surface area contributed by atoms with Crippen molar-refractivity contribution in [3.8, 4) is 11.3 Å². The van der Waals surface area contributed by atoms with E-state index in [-0.39, 0.29) is 0 Å². The van der Waals surface area contributed by atoms with Crippen molar-refractivity contribution in [3.63, 3.8) is 0 Å². The Hall–Kier alpha value is -2.68. The zero-order valence-corrected chi connectivity index (χ0v) is 11.9. The van der Waals surface area contributed by atoms with Gasteiger partial charge in [-0.05, 0) is 61.4 Å². The zero-order chi connectivity index (χ0) is 14.4. The van der Waals surface area contributed by atoms with Crippen molar-refractivity contribution in [1.82, 2.24) is 9.97 Å². The molecule has 0 unspecified atom stereocenters. The number of fused-ring (bicyclic) bond motifs is 3. The number of furan rings is 1. The van der Waals surface area contributed by atoms with Gasteiger partial charge in [-0.15, -0.1) is 0 Å². The highest BCUT2D eigenvalue weighted by atomic mass is 16.3. The highest BCUT2D eigenvalue weighted by molar-refractivity contribution is 6.05. The summed E-state index contributed by atoms with van der Waals surface area (Å²) < 4.78 is 5.82. The van der Waals surface area contributed by atoms with E-state index in [2.05, 4.69) is 42.0 Å². The number of aryl methyl sites for hydroxylation is 2. The van der Waals surface area contributed by atoms with Gasteiger partial charge in [0, 0.05) is 28.7 Å². The van der Waals surface area contributed by atoms with Crippen LogP contribution in [0.4, 0.5) is 0 Å². The molecule has 4 rings (SSSR count). The lowest BCUT2D eigenvalue weighted by atomic mass is 10.0. The van der Waals surface area contributed by atoms with Crippen LogP contribution in [0.5, 0.6) is 0 Å². The van der Waals surface area contributed by atoms with E-state index in [4.69, 9.17) is 4.42 Å². The minimum absolute atomic E-state index is 0.682. The molecule has 1 aromatic carbocycles. The number of pyridine rings is 2. The maximum atomic E-state index is 5.82. The summed E-state index contributed by atoms with van der Waals surface area (Å²) in [7, 11) is 0. The monoisotopic (exact) mass is 274 g/mol. The molecule has 21 heavy (non-hydrogen) atoms. The molecule has 0 radical (unpaired) electrons. The van der Waals surface area contributed by atoms with Crippen LogP contribution in [0.2, 0.25) is 0 Å². The minimum Gasteiger partial charge on any atom is -0.438 e. The average molecular weight is 274 g/mol. The first-order chi connectivity index (χ1) is 10.2. The van der Waals surface area contributed by atoms with Crippen LogP contribution in [-0.4, -0.2) is 9.97 Å². The van der Waals surface area contributed by atoms with Gasteiger partial charge in [-0.1, -0.05) is 0 Å². The Bertz CT molecular complexity index is 969. The predicted molar refractivity (Wildman–Crippen MR) is 84.2 cm³/mol. The van der Waals surface area contributed by atoms with Gasteiger partial charge in [0.2, 0.25) is 5.71 Å². The summed E-state index contributed by atoms with van der Waals surface area (Å²) in [5, 5.41) is 2.13. The molecule has 3 aromatic heterocycles. The molecule has 0 bridgehead atoms. The van der Waals surface area contributed by atoms with Gasteiger partial charge in [-0.2, -0.15) is 0 Å². The molecular formula is C18H14N2O. The smallest absolute Gasteiger partial charge is 0.227 e. The summed E-state index contributed by atoms with van der Waals surface area (Å²) in [6.45, 7) is 4.16. The normalized spacial score (nSPS) is 11.3. The molecule has 0 aliphatic heterocycles. The molecule has 3 heteroatoms. The van der Waals surface area contributed by atoms with E-state index >= 15 is 0 Å². The summed E-state index contributed by atoms with van der Waals surface area (Å²) in [5.74, 6) is 0. The first-order valence-electron chi connectivity index (χ1n) is 6.93. The molecule has 102 valence electrons. The van der Waals surface area contributed by atoms with Crippen LogP contribution in [-0.2, 0) is 0 Å². The Morgan fingerprint density at radius 3 is 2.67 bits per heavy atom. The fourth-order valence-electron chi connectivity index (χ4n) is 2.72. The number of nitrogens with zero attached hydrogens (tertiary/aromatic N) is 2. The lowest BCUT2D eigenvalue weighted by Crippen LogP contribution is -1.88. The fourth-order valence-corrected chi connectivity index (χ4v) is 2.72. The molecule has 0 saturated carbocycles. The standard InChI is InChI=1S/C18H14N2O/c1-11-5-7-19-16(8-11)14-10-15-13-4-3-6-20-18(13)21-17(15)9-12(14)2/h3-10H,1-2H3. The van der Waals surface area contributed by atoms with Gasteiger partial charge in [-0.25, -0.2) is 4.98 Å². The summed E-state index contributed by atoms with van der Waals surface area (Å²) >= 11 is 0. The molecule has 0 fully saturated rings. The van der Waals surface area contributed by atoms with Crippen LogP contribution in [0.25, 0.3) is 33.3 Å². The summed E-state index contributed by atoms with van der Waals surface area (Å²) in [5.41, 5.74) is 6.04. The Morgan fingerprint density at radius 1 is 0.905 bits per heavy atom. The second kappa shape index (κ2) is 4.42. The van der Waals surface area contributed by atoms with Crippen molar-refractivity contribution in [1.29, 1.82) is 0 Å². The average Bonchev–Trinajstić information content (AvgIpc) is 2.83. The zero-order valence-electron chi connectivity index (χ0n) is 11.9. The van der Waals surface area contributed by atoms with Crippen LogP contribution in [0, 0.1) is 13.8 Å². The van der Waals surface area contributed by atoms with Crippen LogP contribution < -0.4 is 0 Å². The number of rotatable bonds is 1. The summed E-state index contributed by atoms with van der Waals surface area (Å²) in [6.07, 6.45) is 3.60. The summed E-state index contributed by atoms with van der Waals surface area (Å²) in [4.78, 5) is 8.78. The first-order valence-corrected chi connectivity index (χ1v) is 6.93. The second-order valence-electron chi connectivity index (χ2n) is 5.34. The molecule has 0 N–H and O–H groups in total. The first kappa shape index (κ1) is 12.1. The van der Waals surface area contributed by atoms with Crippen molar-refractivity contribution in [2.75, 3.05) is 0 Å². The molecule has 0 atom stereocenters. The molecule has 3 heterocycles. The van der Waals surface area contributed by atoms with Crippen molar-refractivity contribution >= 4 is 22.1 Å². The molecule has 3 nitrogen and oxygen atoms in total. The maximum Gasteiger partial charge on any atom is 0.227 e. The highest BCUT2D eigenvalue weighted by Crippen LogP contribution is 2.33. The van der Waals surface area contributed by atoms with Crippen molar-refractivity contribution in [2.24, 2.45) is 0 Å². The Balaban J connectivity index is 2.05. The van der Waals surface area contributed by atoms with E-state index in [1.807, 2.05) is 24.4 Å². The number of benzene rings is 1. The van der Waals surface area contributed by atoms with Crippen LogP contribution >= 0.6 is 0 Å².